The van der Waals surface area contributed by atoms with Crippen LogP contribution in [0.5, 0.6) is 0 Å². The van der Waals surface area contributed by atoms with Gasteiger partial charge in [0.25, 0.3) is 0 Å². The number of rotatable bonds is 4. The Morgan fingerprint density at radius 1 is 1.38 bits per heavy atom. The van der Waals surface area contributed by atoms with E-state index in [0.29, 0.717) is 13.1 Å². The Morgan fingerprint density at radius 2 is 2.12 bits per heavy atom. The molecule has 0 heterocycles. The highest BCUT2D eigenvalue weighted by Gasteiger charge is 2.00. The van der Waals surface area contributed by atoms with Crippen molar-refractivity contribution in [1.82, 2.24) is 10.2 Å². The molecule has 0 aromatic heterocycles. The molecule has 1 aromatic carbocycles. The summed E-state index contributed by atoms with van der Waals surface area (Å²) in [6, 6.07) is 7.84. The highest BCUT2D eigenvalue weighted by molar-refractivity contribution is 9.10. The van der Waals surface area contributed by atoms with Gasteiger partial charge < -0.3 is 15.5 Å². The van der Waals surface area contributed by atoms with E-state index in [2.05, 4.69) is 26.6 Å². The zero-order valence-electron chi connectivity index (χ0n) is 9.46. The van der Waals surface area contributed by atoms with E-state index < -0.39 is 0 Å². The average molecular weight is 286 g/mol. The van der Waals surface area contributed by atoms with Crippen LogP contribution in [0, 0.1) is 0 Å². The van der Waals surface area contributed by atoms with Crippen molar-refractivity contribution in [3.8, 4) is 0 Å². The van der Waals surface area contributed by atoms with Crippen LogP contribution in [-0.4, -0.2) is 38.1 Å². The lowest BCUT2D eigenvalue weighted by Gasteiger charge is -2.12. The number of carbonyl (C=O) groups is 1. The molecule has 5 heteroatoms. The van der Waals surface area contributed by atoms with Crippen LogP contribution < -0.4 is 10.6 Å². The Kier molecular flexibility index (Phi) is 5.11. The number of hydrogen-bond donors (Lipinski definition) is 2. The molecule has 0 fully saturated rings. The van der Waals surface area contributed by atoms with Gasteiger partial charge in [0.2, 0.25) is 0 Å². The molecular formula is C11H16BrN3O. The predicted octanol–water partition coefficient (Wildman–Crippen LogP) is 2.13. The molecule has 0 spiro atoms. The first kappa shape index (κ1) is 12.8. The number of amides is 2. The van der Waals surface area contributed by atoms with E-state index >= 15 is 0 Å². The van der Waals surface area contributed by atoms with E-state index in [1.54, 1.807) is 14.1 Å². The minimum atomic E-state index is -0.0731. The summed E-state index contributed by atoms with van der Waals surface area (Å²) in [6.07, 6.45) is 0. The molecule has 0 radical (unpaired) electrons. The third-order valence-corrected chi connectivity index (χ3v) is 2.45. The van der Waals surface area contributed by atoms with Gasteiger partial charge in [-0.2, -0.15) is 0 Å². The van der Waals surface area contributed by atoms with Crippen LogP contribution in [0.2, 0.25) is 0 Å². The van der Waals surface area contributed by atoms with Crippen LogP contribution in [-0.2, 0) is 0 Å². The van der Waals surface area contributed by atoms with Gasteiger partial charge in [0, 0.05) is 37.3 Å². The van der Waals surface area contributed by atoms with Crippen molar-refractivity contribution in [1.29, 1.82) is 0 Å². The first-order valence-electron chi connectivity index (χ1n) is 5.04. The van der Waals surface area contributed by atoms with Crippen molar-refractivity contribution in [2.45, 2.75) is 0 Å². The topological polar surface area (TPSA) is 44.4 Å². The molecule has 0 saturated heterocycles. The second kappa shape index (κ2) is 6.37. The fourth-order valence-electron chi connectivity index (χ4n) is 1.13. The van der Waals surface area contributed by atoms with Crippen LogP contribution in [0.1, 0.15) is 0 Å². The van der Waals surface area contributed by atoms with E-state index in [1.165, 1.54) is 4.90 Å². The Morgan fingerprint density at radius 3 is 2.75 bits per heavy atom. The second-order valence-corrected chi connectivity index (χ2v) is 4.48. The monoisotopic (exact) mass is 285 g/mol. The molecule has 0 atom stereocenters. The smallest absolute Gasteiger partial charge is 0.316 e. The highest BCUT2D eigenvalue weighted by atomic mass is 79.9. The molecule has 16 heavy (non-hydrogen) atoms. The first-order chi connectivity index (χ1) is 7.59. The Hall–Kier alpha value is -1.23. The molecule has 0 aliphatic rings. The number of halogens is 1. The summed E-state index contributed by atoms with van der Waals surface area (Å²) in [5, 5.41) is 6.00. The van der Waals surface area contributed by atoms with Crippen molar-refractivity contribution < 1.29 is 4.79 Å². The van der Waals surface area contributed by atoms with Crippen LogP contribution in [0.3, 0.4) is 0 Å². The van der Waals surface area contributed by atoms with Gasteiger partial charge >= 0.3 is 6.03 Å². The van der Waals surface area contributed by atoms with Gasteiger partial charge in [-0.3, -0.25) is 0 Å². The molecular weight excluding hydrogens is 270 g/mol. The van der Waals surface area contributed by atoms with Gasteiger partial charge in [-0.1, -0.05) is 22.0 Å². The molecule has 0 bridgehead atoms. The van der Waals surface area contributed by atoms with Crippen molar-refractivity contribution in [3.63, 3.8) is 0 Å². The summed E-state index contributed by atoms with van der Waals surface area (Å²) in [7, 11) is 3.44. The number of nitrogens with zero attached hydrogens (tertiary/aromatic N) is 1. The maximum atomic E-state index is 11.2. The Bertz CT molecular complexity index is 355. The summed E-state index contributed by atoms with van der Waals surface area (Å²) in [6.45, 7) is 1.31. The largest absolute Gasteiger partial charge is 0.383 e. The number of benzene rings is 1. The molecule has 4 nitrogen and oxygen atoms in total. The van der Waals surface area contributed by atoms with Crippen molar-refractivity contribution in [2.24, 2.45) is 0 Å². The summed E-state index contributed by atoms with van der Waals surface area (Å²) < 4.78 is 1.04. The Labute approximate surface area is 104 Å². The van der Waals surface area contributed by atoms with Gasteiger partial charge in [0.15, 0.2) is 0 Å². The summed E-state index contributed by atoms with van der Waals surface area (Å²) in [5.41, 5.74) is 1.04. The van der Waals surface area contributed by atoms with E-state index in [9.17, 15) is 4.79 Å². The zero-order chi connectivity index (χ0) is 12.0. The van der Waals surface area contributed by atoms with Crippen molar-refractivity contribution in [2.75, 3.05) is 32.5 Å². The van der Waals surface area contributed by atoms with E-state index in [1.807, 2.05) is 24.3 Å². The third kappa shape index (κ3) is 4.53. The maximum absolute atomic E-state index is 11.2. The van der Waals surface area contributed by atoms with Gasteiger partial charge in [0.05, 0.1) is 0 Å². The lowest BCUT2D eigenvalue weighted by molar-refractivity contribution is 0.218. The van der Waals surface area contributed by atoms with Gasteiger partial charge in [-0.05, 0) is 18.2 Å². The van der Waals surface area contributed by atoms with Gasteiger partial charge in [-0.25, -0.2) is 4.79 Å². The summed E-state index contributed by atoms with van der Waals surface area (Å²) in [4.78, 5) is 12.7. The predicted molar refractivity (Wildman–Crippen MR) is 69.7 cm³/mol. The summed E-state index contributed by atoms with van der Waals surface area (Å²) >= 11 is 3.40. The third-order valence-electron chi connectivity index (χ3n) is 1.96. The number of carbonyl (C=O) groups excluding carboxylic acids is 1. The van der Waals surface area contributed by atoms with Gasteiger partial charge in [0.1, 0.15) is 0 Å². The van der Waals surface area contributed by atoms with Crippen molar-refractivity contribution in [3.05, 3.63) is 28.7 Å². The molecule has 0 aliphatic heterocycles. The number of urea groups is 1. The SMILES string of the molecule is CN(C)C(=O)NCCNc1cccc(Br)c1. The summed E-state index contributed by atoms with van der Waals surface area (Å²) in [5.74, 6) is 0. The quantitative estimate of drug-likeness (QED) is 0.833. The molecule has 2 amide bonds. The molecule has 0 unspecified atom stereocenters. The van der Waals surface area contributed by atoms with Crippen LogP contribution >= 0.6 is 15.9 Å². The Balaban J connectivity index is 2.23. The van der Waals surface area contributed by atoms with E-state index in [0.717, 1.165) is 10.2 Å². The first-order valence-corrected chi connectivity index (χ1v) is 5.83. The van der Waals surface area contributed by atoms with Gasteiger partial charge in [-0.15, -0.1) is 0 Å². The van der Waals surface area contributed by atoms with Crippen LogP contribution in [0.15, 0.2) is 28.7 Å². The number of hydrogen-bond acceptors (Lipinski definition) is 2. The minimum absolute atomic E-state index is 0.0731. The normalized spacial score (nSPS) is 9.69. The van der Waals surface area contributed by atoms with Crippen LogP contribution in [0.4, 0.5) is 10.5 Å². The fourth-order valence-corrected chi connectivity index (χ4v) is 1.53. The maximum Gasteiger partial charge on any atom is 0.316 e. The number of anilines is 1. The fraction of sp³-hybridized carbons (Fsp3) is 0.364. The van der Waals surface area contributed by atoms with E-state index in [4.69, 9.17) is 0 Å². The highest BCUT2D eigenvalue weighted by Crippen LogP contribution is 2.14. The lowest BCUT2D eigenvalue weighted by atomic mass is 10.3. The van der Waals surface area contributed by atoms with Crippen molar-refractivity contribution >= 4 is 27.6 Å². The van der Waals surface area contributed by atoms with Crippen LogP contribution in [0.25, 0.3) is 0 Å². The number of nitrogens with one attached hydrogen (secondary N) is 2. The molecule has 88 valence electrons. The standard InChI is InChI=1S/C11H16BrN3O/c1-15(2)11(16)14-7-6-13-10-5-3-4-9(12)8-10/h3-5,8,13H,6-7H2,1-2H3,(H,14,16). The minimum Gasteiger partial charge on any atom is -0.383 e. The molecule has 2 N–H and O–H groups in total. The lowest BCUT2D eigenvalue weighted by Crippen LogP contribution is -2.37. The average Bonchev–Trinajstić information content (AvgIpc) is 2.24. The second-order valence-electron chi connectivity index (χ2n) is 3.56. The molecule has 1 rings (SSSR count). The molecule has 0 aliphatic carbocycles. The molecule has 1 aromatic rings. The zero-order valence-corrected chi connectivity index (χ0v) is 11.0. The molecule has 0 saturated carbocycles. The van der Waals surface area contributed by atoms with E-state index in [-0.39, 0.29) is 6.03 Å².